The van der Waals surface area contributed by atoms with Crippen molar-refractivity contribution in [3.8, 4) is 5.88 Å². The first kappa shape index (κ1) is 13.6. The van der Waals surface area contributed by atoms with Crippen LogP contribution in [0.4, 0.5) is 0 Å². The molecule has 108 valence electrons. The van der Waals surface area contributed by atoms with E-state index in [1.54, 1.807) is 0 Å². The lowest BCUT2D eigenvalue weighted by Crippen LogP contribution is -2.23. The van der Waals surface area contributed by atoms with Crippen molar-refractivity contribution in [2.45, 2.75) is 6.54 Å². The van der Waals surface area contributed by atoms with Gasteiger partial charge < -0.3 is 4.74 Å². The van der Waals surface area contributed by atoms with Crippen LogP contribution in [0, 0.1) is 0 Å². The van der Waals surface area contributed by atoms with Crippen LogP contribution in [0.2, 0.25) is 0 Å². The number of benzene rings is 1. The lowest BCUT2D eigenvalue weighted by atomic mass is 10.2. The molecule has 0 radical (unpaired) electrons. The molecule has 4 nitrogen and oxygen atoms in total. The highest BCUT2D eigenvalue weighted by Crippen LogP contribution is 2.12. The van der Waals surface area contributed by atoms with Gasteiger partial charge in [-0.25, -0.2) is 4.52 Å². The second-order valence-electron chi connectivity index (χ2n) is 5.12. The average Bonchev–Trinajstić information content (AvgIpc) is 2.91. The number of hydrogen-bond acceptors (Lipinski definition) is 3. The van der Waals surface area contributed by atoms with Gasteiger partial charge in [-0.3, -0.25) is 4.90 Å². The molecular formula is C17H19N3O. The Kier molecular flexibility index (Phi) is 4.17. The van der Waals surface area contributed by atoms with E-state index in [2.05, 4.69) is 41.3 Å². The topological polar surface area (TPSA) is 29.8 Å². The Hall–Kier alpha value is -2.33. The molecule has 2 heterocycles. The summed E-state index contributed by atoms with van der Waals surface area (Å²) in [4.78, 5) is 2.24. The van der Waals surface area contributed by atoms with Crippen LogP contribution < -0.4 is 4.74 Å². The van der Waals surface area contributed by atoms with Gasteiger partial charge in [-0.05, 0) is 24.7 Å². The van der Waals surface area contributed by atoms with Crippen molar-refractivity contribution in [3.05, 3.63) is 66.4 Å². The van der Waals surface area contributed by atoms with Gasteiger partial charge in [0.05, 0.1) is 5.52 Å². The summed E-state index contributed by atoms with van der Waals surface area (Å²) >= 11 is 0. The largest absolute Gasteiger partial charge is 0.475 e. The lowest BCUT2D eigenvalue weighted by molar-refractivity contribution is 0.227. The van der Waals surface area contributed by atoms with Gasteiger partial charge in [0.2, 0.25) is 5.88 Å². The Balaban J connectivity index is 1.49. The Bertz CT molecular complexity index is 660. The predicted molar refractivity (Wildman–Crippen MR) is 83.5 cm³/mol. The Labute approximate surface area is 124 Å². The summed E-state index contributed by atoms with van der Waals surface area (Å²) in [5.41, 5.74) is 2.36. The number of likely N-dealkylation sites (N-methyl/N-ethyl adjacent to an activating group) is 1. The van der Waals surface area contributed by atoms with E-state index >= 15 is 0 Å². The van der Waals surface area contributed by atoms with E-state index in [4.69, 9.17) is 4.74 Å². The zero-order valence-electron chi connectivity index (χ0n) is 12.1. The van der Waals surface area contributed by atoms with Crippen molar-refractivity contribution in [2.75, 3.05) is 20.2 Å². The molecule has 21 heavy (non-hydrogen) atoms. The molecule has 2 aromatic heterocycles. The van der Waals surface area contributed by atoms with Gasteiger partial charge in [0.1, 0.15) is 6.61 Å². The maximum atomic E-state index is 5.73. The summed E-state index contributed by atoms with van der Waals surface area (Å²) < 4.78 is 7.55. The van der Waals surface area contributed by atoms with Crippen LogP contribution in [-0.4, -0.2) is 34.7 Å². The highest BCUT2D eigenvalue weighted by atomic mass is 16.5. The minimum atomic E-state index is 0.632. The molecule has 0 saturated carbocycles. The number of rotatable bonds is 6. The fourth-order valence-corrected chi connectivity index (χ4v) is 2.27. The van der Waals surface area contributed by atoms with Crippen LogP contribution in [0.15, 0.2) is 60.8 Å². The zero-order valence-corrected chi connectivity index (χ0v) is 12.1. The maximum Gasteiger partial charge on any atom is 0.233 e. The summed E-state index contributed by atoms with van der Waals surface area (Å²) in [5, 5.41) is 4.37. The van der Waals surface area contributed by atoms with Crippen molar-refractivity contribution < 1.29 is 4.74 Å². The Morgan fingerprint density at radius 3 is 2.71 bits per heavy atom. The normalized spacial score (nSPS) is 11.1. The van der Waals surface area contributed by atoms with Crippen LogP contribution in [0.5, 0.6) is 5.88 Å². The highest BCUT2D eigenvalue weighted by molar-refractivity contribution is 5.48. The minimum absolute atomic E-state index is 0.632. The van der Waals surface area contributed by atoms with E-state index in [1.807, 2.05) is 41.0 Å². The first-order valence-corrected chi connectivity index (χ1v) is 7.11. The number of hydrogen-bond donors (Lipinski definition) is 0. The second kappa shape index (κ2) is 6.41. The lowest BCUT2D eigenvalue weighted by Gasteiger charge is -2.16. The van der Waals surface area contributed by atoms with Crippen LogP contribution in [0.1, 0.15) is 5.56 Å². The van der Waals surface area contributed by atoms with E-state index in [0.29, 0.717) is 12.5 Å². The molecule has 0 aliphatic carbocycles. The van der Waals surface area contributed by atoms with Gasteiger partial charge in [0.15, 0.2) is 0 Å². The monoisotopic (exact) mass is 281 g/mol. The highest BCUT2D eigenvalue weighted by Gasteiger charge is 2.03. The number of aromatic nitrogens is 2. The first-order valence-electron chi connectivity index (χ1n) is 7.11. The summed E-state index contributed by atoms with van der Waals surface area (Å²) in [5.74, 6) is 0.675. The molecule has 0 amide bonds. The van der Waals surface area contributed by atoms with Crippen molar-refractivity contribution in [1.29, 1.82) is 0 Å². The molecule has 4 heteroatoms. The number of nitrogens with zero attached hydrogens (tertiary/aromatic N) is 3. The molecule has 0 N–H and O–H groups in total. The van der Waals surface area contributed by atoms with Gasteiger partial charge in [0.25, 0.3) is 0 Å². The smallest absolute Gasteiger partial charge is 0.233 e. The van der Waals surface area contributed by atoms with Crippen molar-refractivity contribution in [3.63, 3.8) is 0 Å². The Morgan fingerprint density at radius 1 is 1.10 bits per heavy atom. The molecule has 0 bridgehead atoms. The van der Waals surface area contributed by atoms with Crippen LogP contribution in [-0.2, 0) is 6.54 Å². The summed E-state index contributed by atoms with van der Waals surface area (Å²) in [7, 11) is 2.10. The van der Waals surface area contributed by atoms with Crippen LogP contribution >= 0.6 is 0 Å². The van der Waals surface area contributed by atoms with Gasteiger partial charge in [0, 0.05) is 25.4 Å². The van der Waals surface area contributed by atoms with Gasteiger partial charge in [-0.15, -0.1) is 5.10 Å². The molecule has 0 aliphatic heterocycles. The van der Waals surface area contributed by atoms with Gasteiger partial charge in [-0.1, -0.05) is 36.4 Å². The third-order valence-electron chi connectivity index (χ3n) is 3.37. The minimum Gasteiger partial charge on any atom is -0.475 e. The summed E-state index contributed by atoms with van der Waals surface area (Å²) in [6.07, 6.45) is 1.92. The Morgan fingerprint density at radius 2 is 1.90 bits per heavy atom. The van der Waals surface area contributed by atoms with Gasteiger partial charge in [-0.2, -0.15) is 0 Å². The average molecular weight is 281 g/mol. The van der Waals surface area contributed by atoms with Crippen molar-refractivity contribution >= 4 is 5.52 Å². The molecule has 0 unspecified atom stereocenters. The number of pyridine rings is 1. The van der Waals surface area contributed by atoms with Crippen molar-refractivity contribution in [1.82, 2.24) is 14.5 Å². The first-order chi connectivity index (χ1) is 10.3. The molecule has 0 spiro atoms. The van der Waals surface area contributed by atoms with E-state index in [1.165, 1.54) is 5.56 Å². The van der Waals surface area contributed by atoms with Crippen LogP contribution in [0.25, 0.3) is 5.52 Å². The van der Waals surface area contributed by atoms with E-state index in [-0.39, 0.29) is 0 Å². The summed E-state index contributed by atoms with van der Waals surface area (Å²) in [6.45, 7) is 2.42. The third kappa shape index (κ3) is 3.61. The molecule has 0 fully saturated rings. The predicted octanol–water partition coefficient (Wildman–Crippen LogP) is 2.85. The number of fused-ring (bicyclic) bond motifs is 1. The molecule has 3 aromatic rings. The van der Waals surface area contributed by atoms with Crippen molar-refractivity contribution in [2.24, 2.45) is 0 Å². The summed E-state index contributed by atoms with van der Waals surface area (Å²) in [6, 6.07) is 18.4. The number of ether oxygens (including phenoxy) is 1. The molecule has 0 saturated heterocycles. The SMILES string of the molecule is CN(CCOc1cc2ccccn2n1)Cc1ccccc1. The standard InChI is InChI=1S/C17H19N3O/c1-19(14-15-7-3-2-4-8-15)11-12-21-17-13-16-9-5-6-10-20(16)18-17/h2-10,13H,11-12,14H2,1H3. The maximum absolute atomic E-state index is 5.73. The quantitative estimate of drug-likeness (QED) is 0.696. The third-order valence-corrected chi connectivity index (χ3v) is 3.37. The van der Waals surface area contributed by atoms with E-state index in [9.17, 15) is 0 Å². The fourth-order valence-electron chi connectivity index (χ4n) is 2.27. The van der Waals surface area contributed by atoms with E-state index in [0.717, 1.165) is 18.6 Å². The second-order valence-corrected chi connectivity index (χ2v) is 5.12. The molecule has 1 aromatic carbocycles. The molecule has 0 aliphatic rings. The molecule has 0 atom stereocenters. The van der Waals surface area contributed by atoms with Gasteiger partial charge >= 0.3 is 0 Å². The van der Waals surface area contributed by atoms with Crippen LogP contribution in [0.3, 0.4) is 0 Å². The fraction of sp³-hybridized carbons (Fsp3) is 0.235. The van der Waals surface area contributed by atoms with E-state index < -0.39 is 0 Å². The zero-order chi connectivity index (χ0) is 14.5. The molecule has 3 rings (SSSR count). The molecular weight excluding hydrogens is 262 g/mol.